The van der Waals surface area contributed by atoms with Crippen molar-refractivity contribution in [2.24, 2.45) is 23.7 Å². The topological polar surface area (TPSA) is 80.8 Å². The molecule has 0 aromatic carbocycles. The summed E-state index contributed by atoms with van der Waals surface area (Å²) in [5.74, 6) is 1.68. The van der Waals surface area contributed by atoms with Crippen molar-refractivity contribution in [2.45, 2.75) is 112 Å². The number of piperidine rings is 1. The lowest BCUT2D eigenvalue weighted by molar-refractivity contribution is -0.219. The van der Waals surface area contributed by atoms with Gasteiger partial charge in [-0.25, -0.2) is 4.98 Å². The number of ether oxygens (including phenoxy) is 2. The van der Waals surface area contributed by atoms with E-state index in [4.69, 9.17) is 14.5 Å². The Morgan fingerprint density at radius 1 is 1.12 bits per heavy atom. The summed E-state index contributed by atoms with van der Waals surface area (Å²) in [7, 11) is 1.43. The van der Waals surface area contributed by atoms with Gasteiger partial charge >= 0.3 is 12.6 Å². The summed E-state index contributed by atoms with van der Waals surface area (Å²) >= 11 is 1.72. The van der Waals surface area contributed by atoms with Crippen LogP contribution in [0.15, 0.2) is 17.2 Å². The first-order valence-corrected chi connectivity index (χ1v) is 16.4. The Kier molecular flexibility index (Phi) is 8.78. The van der Waals surface area contributed by atoms with Gasteiger partial charge in [0.25, 0.3) is 5.91 Å². The number of esters is 1. The summed E-state index contributed by atoms with van der Waals surface area (Å²) in [6, 6.07) is 3.83. The summed E-state index contributed by atoms with van der Waals surface area (Å²) in [6.07, 6.45) is 11.9. The highest BCUT2D eigenvalue weighted by Crippen LogP contribution is 2.57. The van der Waals surface area contributed by atoms with Gasteiger partial charge in [-0.1, -0.05) is 12.8 Å². The van der Waals surface area contributed by atoms with Crippen LogP contribution in [0.5, 0.6) is 0 Å². The molecule has 7 nitrogen and oxygen atoms in total. The fraction of sp³-hybridized carbons (Fsp3) is 0.774. The predicted octanol–water partition coefficient (Wildman–Crippen LogP) is 6.20. The maximum Gasteiger partial charge on any atom is 0.345 e. The minimum absolute atomic E-state index is 0.0360. The molecule has 6 atom stereocenters. The van der Waals surface area contributed by atoms with Crippen LogP contribution < -0.4 is 10.2 Å². The highest BCUT2D eigenvalue weighted by atomic mass is 32.2. The van der Waals surface area contributed by atoms with Crippen molar-refractivity contribution < 1.29 is 27.8 Å². The Hall–Kier alpha value is -1.94. The van der Waals surface area contributed by atoms with Crippen molar-refractivity contribution in [1.29, 1.82) is 0 Å². The summed E-state index contributed by atoms with van der Waals surface area (Å²) in [4.78, 5) is 33.1. The Bertz CT molecular complexity index is 1120. The summed E-state index contributed by atoms with van der Waals surface area (Å²) in [6.45, 7) is -1.13. The number of thioether (sulfide) groups is 1. The van der Waals surface area contributed by atoms with Crippen molar-refractivity contribution in [3.8, 4) is 0 Å². The number of alkyl halides is 2. The van der Waals surface area contributed by atoms with Crippen molar-refractivity contribution >= 4 is 29.5 Å². The van der Waals surface area contributed by atoms with E-state index >= 15 is 0 Å². The van der Waals surface area contributed by atoms with Crippen molar-refractivity contribution in [2.75, 3.05) is 25.1 Å². The van der Waals surface area contributed by atoms with Gasteiger partial charge in [0.15, 0.2) is 0 Å². The van der Waals surface area contributed by atoms with E-state index in [-0.39, 0.29) is 29.8 Å². The van der Waals surface area contributed by atoms with E-state index in [1.165, 1.54) is 20.0 Å². The maximum atomic E-state index is 13.9. The second-order valence-electron chi connectivity index (χ2n) is 13.1. The van der Waals surface area contributed by atoms with Crippen LogP contribution in [0.3, 0.4) is 0 Å². The number of nitrogens with zero attached hydrogens (tertiary/aromatic N) is 2. The Morgan fingerprint density at radius 3 is 2.73 bits per heavy atom. The average Bonchev–Trinajstić information content (AvgIpc) is 3.52. The molecule has 1 saturated heterocycles. The van der Waals surface area contributed by atoms with E-state index in [2.05, 4.69) is 10.2 Å². The SMILES string of the molecule is COC(=O)C[C@@H]1CCCN(c2ccc(C(=O)N[C@H]3CCC4CC5C[C@@](OC(F)F)(C4)CC53)c(SC3CCCC3)n2)C1. The van der Waals surface area contributed by atoms with E-state index in [1.807, 2.05) is 12.1 Å². The van der Waals surface area contributed by atoms with Crippen LogP contribution in [0, 0.1) is 23.7 Å². The number of pyridine rings is 1. The molecule has 5 fully saturated rings. The molecule has 1 aliphatic heterocycles. The number of hydrogen-bond donors (Lipinski definition) is 1. The maximum absolute atomic E-state index is 13.9. The molecule has 3 bridgehead atoms. The molecular weight excluding hydrogens is 548 g/mol. The third kappa shape index (κ3) is 6.53. The van der Waals surface area contributed by atoms with Gasteiger partial charge in [-0.05, 0) is 100 Å². The fourth-order valence-electron chi connectivity index (χ4n) is 8.64. The summed E-state index contributed by atoms with van der Waals surface area (Å²) < 4.78 is 36.8. The van der Waals surface area contributed by atoms with Gasteiger partial charge in [0.05, 0.1) is 18.3 Å². The second kappa shape index (κ2) is 12.3. The molecule has 0 spiro atoms. The van der Waals surface area contributed by atoms with E-state index in [9.17, 15) is 18.4 Å². The van der Waals surface area contributed by atoms with Crippen molar-refractivity contribution in [3.63, 3.8) is 0 Å². The first-order chi connectivity index (χ1) is 19.8. The van der Waals surface area contributed by atoms with E-state index in [1.54, 1.807) is 11.8 Å². The quantitative estimate of drug-likeness (QED) is 0.343. The number of halogens is 2. The van der Waals surface area contributed by atoms with Gasteiger partial charge in [0.1, 0.15) is 10.8 Å². The predicted molar refractivity (Wildman–Crippen MR) is 153 cm³/mol. The van der Waals surface area contributed by atoms with Crippen LogP contribution in [0.2, 0.25) is 0 Å². The van der Waals surface area contributed by atoms with Crippen LogP contribution in [0.25, 0.3) is 0 Å². The molecular formula is C31H43F2N3O4S. The first kappa shape index (κ1) is 29.1. The first-order valence-electron chi connectivity index (χ1n) is 15.6. The molecule has 226 valence electrons. The van der Waals surface area contributed by atoms with Crippen molar-refractivity contribution in [3.05, 3.63) is 17.7 Å². The number of fused-ring (bicyclic) bond motifs is 2. The molecule has 1 aromatic heterocycles. The molecule has 4 saturated carbocycles. The number of nitrogens with one attached hydrogen (secondary N) is 1. The smallest absolute Gasteiger partial charge is 0.345 e. The van der Waals surface area contributed by atoms with Gasteiger partial charge in [-0.15, -0.1) is 11.8 Å². The average molecular weight is 592 g/mol. The van der Waals surface area contributed by atoms with Crippen LogP contribution >= 0.6 is 11.8 Å². The highest BCUT2D eigenvalue weighted by Gasteiger charge is 2.56. The van der Waals surface area contributed by atoms with E-state index in [0.29, 0.717) is 41.9 Å². The zero-order valence-electron chi connectivity index (χ0n) is 24.0. The summed E-state index contributed by atoms with van der Waals surface area (Å²) in [5, 5.41) is 4.59. The molecule has 10 heteroatoms. The zero-order valence-corrected chi connectivity index (χ0v) is 24.8. The van der Waals surface area contributed by atoms with Gasteiger partial charge < -0.3 is 19.7 Å². The van der Waals surface area contributed by atoms with E-state index < -0.39 is 12.2 Å². The molecule has 1 aromatic rings. The van der Waals surface area contributed by atoms with Crippen LogP contribution in [-0.2, 0) is 14.3 Å². The standard InChI is InChI=1S/C31H43F2N3O4S/c1-39-27(37)14-20-5-4-12-36(18-20)26-11-9-23(29(35-26)41-22-6-2-3-7-22)28(38)34-25-10-8-19-13-21-16-31(15-19,17-24(21)25)40-30(32)33/h9,11,19-22,24-25,30H,2-8,10,12-18H2,1H3,(H,34,38)/t19?,20-,21?,24?,25-,31-/m0/s1. The number of hydrogen-bond acceptors (Lipinski definition) is 7. The van der Waals surface area contributed by atoms with Crippen LogP contribution in [0.1, 0.15) is 93.8 Å². The number of methoxy groups -OCH3 is 1. The van der Waals surface area contributed by atoms with Gasteiger partial charge in [0, 0.05) is 30.8 Å². The third-order valence-corrected chi connectivity index (χ3v) is 11.7. The molecule has 2 heterocycles. The highest BCUT2D eigenvalue weighted by molar-refractivity contribution is 8.00. The number of amides is 1. The van der Waals surface area contributed by atoms with Crippen LogP contribution in [0.4, 0.5) is 14.6 Å². The lowest BCUT2D eigenvalue weighted by Gasteiger charge is -2.37. The monoisotopic (exact) mass is 591 g/mol. The normalized spacial score (nSPS) is 33.3. The zero-order chi connectivity index (χ0) is 28.6. The fourth-order valence-corrected chi connectivity index (χ4v) is 9.96. The molecule has 5 aliphatic rings. The van der Waals surface area contributed by atoms with Crippen LogP contribution in [-0.4, -0.2) is 60.6 Å². The number of rotatable bonds is 9. The third-order valence-electron chi connectivity index (χ3n) is 10.4. The van der Waals surface area contributed by atoms with Gasteiger partial charge in [0.2, 0.25) is 0 Å². The number of carbonyl (C=O) groups is 2. The largest absolute Gasteiger partial charge is 0.469 e. The Labute approximate surface area is 245 Å². The number of carbonyl (C=O) groups excluding carboxylic acids is 2. The van der Waals surface area contributed by atoms with Gasteiger partial charge in [-0.2, -0.15) is 8.78 Å². The lowest BCUT2D eigenvalue weighted by Crippen LogP contribution is -2.43. The minimum atomic E-state index is -2.75. The van der Waals surface area contributed by atoms with Crippen molar-refractivity contribution in [1.82, 2.24) is 10.3 Å². The van der Waals surface area contributed by atoms with Gasteiger partial charge in [-0.3, -0.25) is 9.59 Å². The molecule has 4 aliphatic carbocycles. The number of anilines is 1. The molecule has 41 heavy (non-hydrogen) atoms. The lowest BCUT2D eigenvalue weighted by atomic mass is 9.77. The summed E-state index contributed by atoms with van der Waals surface area (Å²) in [5.41, 5.74) is -0.126. The molecule has 6 rings (SSSR count). The second-order valence-corrected chi connectivity index (χ2v) is 14.4. The number of aromatic nitrogens is 1. The Morgan fingerprint density at radius 2 is 1.95 bits per heavy atom. The molecule has 3 unspecified atom stereocenters. The molecule has 1 amide bonds. The molecule has 0 radical (unpaired) electrons. The minimum Gasteiger partial charge on any atom is -0.469 e. The Balaban J connectivity index is 1.20. The molecule has 1 N–H and O–H groups in total. The van der Waals surface area contributed by atoms with E-state index in [0.717, 1.165) is 75.3 Å².